The number of para-hydroxylation sites is 2. The van der Waals surface area contributed by atoms with E-state index in [0.717, 1.165) is 36.1 Å². The first-order valence-corrected chi connectivity index (χ1v) is 18.0. The Morgan fingerprint density at radius 3 is 2.50 bits per heavy atom. The van der Waals surface area contributed by atoms with Gasteiger partial charge in [0.15, 0.2) is 11.9 Å². The number of fused-ring (bicyclic) bond motifs is 2. The van der Waals surface area contributed by atoms with Crippen molar-refractivity contribution in [3.8, 4) is 0 Å². The molecule has 0 aromatic heterocycles. The van der Waals surface area contributed by atoms with Gasteiger partial charge in [-0.3, -0.25) is 4.79 Å². The van der Waals surface area contributed by atoms with E-state index in [1.54, 1.807) is 0 Å². The molecular weight excluding hydrogens is 730 g/mol. The Hall–Kier alpha value is -4.11. The predicted molar refractivity (Wildman–Crippen MR) is 204 cm³/mol. The molecule has 5 rings (SSSR count). The number of nitrogens with zero attached hydrogens (tertiary/aromatic N) is 5. The first-order valence-electron chi connectivity index (χ1n) is 16.2. The molecule has 0 unspecified atom stereocenters. The molecule has 1 aliphatic carbocycles. The molecule has 0 saturated carbocycles. The van der Waals surface area contributed by atoms with Gasteiger partial charge in [0.05, 0.1) is 12.0 Å². The van der Waals surface area contributed by atoms with E-state index in [9.17, 15) is 4.79 Å². The van der Waals surface area contributed by atoms with Crippen molar-refractivity contribution in [2.24, 2.45) is 5.11 Å². The van der Waals surface area contributed by atoms with Crippen molar-refractivity contribution >= 4 is 54.9 Å². The number of carbonyl (C=O) groups is 1. The van der Waals surface area contributed by atoms with Crippen LogP contribution < -0.4 is 15.5 Å². The summed E-state index contributed by atoms with van der Waals surface area (Å²) >= 11 is 6.99. The Morgan fingerprint density at radius 1 is 1.00 bits per heavy atom. The Kier molecular flexibility index (Phi) is 11.3. The minimum absolute atomic E-state index is 0.109. The number of azide groups is 1. The second-order valence-electron chi connectivity index (χ2n) is 12.9. The molecule has 2 aromatic rings. The topological polar surface area (TPSA) is 96.1 Å². The third-order valence-electron chi connectivity index (χ3n) is 9.33. The Labute approximate surface area is 300 Å². The van der Waals surface area contributed by atoms with Crippen molar-refractivity contribution in [3.63, 3.8) is 0 Å². The fourth-order valence-corrected chi connectivity index (χ4v) is 7.41. The van der Waals surface area contributed by atoms with Gasteiger partial charge in [-0.05, 0) is 72.5 Å². The van der Waals surface area contributed by atoms with Crippen LogP contribution in [0.25, 0.3) is 10.4 Å². The summed E-state index contributed by atoms with van der Waals surface area (Å²) < 4.78 is 2.24. The molecule has 10 heteroatoms. The SMILES string of the molecule is CC1(C)C(/C=C/C2=C(NCC(=O)NCCN=[N+]=[N-])C(=C/C=C3/N(/C=C/Br)c4ccccc4C3(C)C)/CCC2)=[N+](/C=C/Br)c2ccccc21. The van der Waals surface area contributed by atoms with E-state index in [1.165, 1.54) is 33.9 Å². The third kappa shape index (κ3) is 7.16. The van der Waals surface area contributed by atoms with Crippen LogP contribution in [0.1, 0.15) is 58.1 Å². The maximum atomic E-state index is 12.8. The summed E-state index contributed by atoms with van der Waals surface area (Å²) in [6.07, 6.45) is 15.8. The van der Waals surface area contributed by atoms with Gasteiger partial charge in [0.25, 0.3) is 0 Å². The first-order chi connectivity index (χ1) is 23.1. The summed E-state index contributed by atoms with van der Waals surface area (Å²) in [5, 5.41) is 9.86. The zero-order chi connectivity index (χ0) is 34.3. The van der Waals surface area contributed by atoms with E-state index in [-0.39, 0.29) is 29.8 Å². The molecule has 0 saturated heterocycles. The maximum absolute atomic E-state index is 12.8. The van der Waals surface area contributed by atoms with Crippen LogP contribution in [0.3, 0.4) is 0 Å². The Balaban J connectivity index is 1.55. The van der Waals surface area contributed by atoms with Crippen LogP contribution in [-0.2, 0) is 15.6 Å². The largest absolute Gasteiger partial charge is 0.376 e. The molecule has 2 aliphatic heterocycles. The van der Waals surface area contributed by atoms with Gasteiger partial charge < -0.3 is 15.5 Å². The lowest BCUT2D eigenvalue weighted by Crippen LogP contribution is -2.35. The van der Waals surface area contributed by atoms with E-state index < -0.39 is 0 Å². The number of rotatable bonds is 11. The number of hydrogen-bond acceptors (Lipinski definition) is 4. The maximum Gasteiger partial charge on any atom is 0.239 e. The minimum Gasteiger partial charge on any atom is -0.376 e. The number of benzene rings is 2. The van der Waals surface area contributed by atoms with Crippen LogP contribution >= 0.6 is 31.9 Å². The summed E-state index contributed by atoms with van der Waals surface area (Å²) in [6.45, 7) is 9.65. The van der Waals surface area contributed by atoms with E-state index in [4.69, 9.17) is 5.53 Å². The molecular formula is C38H42Br2N7O+. The van der Waals surface area contributed by atoms with Gasteiger partial charge in [-0.15, -0.1) is 0 Å². The van der Waals surface area contributed by atoms with Gasteiger partial charge in [-0.1, -0.05) is 99.4 Å². The van der Waals surface area contributed by atoms with Crippen LogP contribution in [0.5, 0.6) is 0 Å². The van der Waals surface area contributed by atoms with Gasteiger partial charge in [0.2, 0.25) is 11.6 Å². The van der Waals surface area contributed by atoms with Crippen molar-refractivity contribution in [3.05, 3.63) is 139 Å². The molecule has 8 nitrogen and oxygen atoms in total. The lowest BCUT2D eigenvalue weighted by molar-refractivity contribution is -0.356. The summed E-state index contributed by atoms with van der Waals surface area (Å²) in [5.41, 5.74) is 18.7. The van der Waals surface area contributed by atoms with Crippen LogP contribution in [0.4, 0.5) is 11.4 Å². The molecule has 0 fully saturated rings. The highest BCUT2D eigenvalue weighted by Crippen LogP contribution is 2.48. The highest BCUT2D eigenvalue weighted by molar-refractivity contribution is 9.11. The average Bonchev–Trinajstić information content (AvgIpc) is 3.42. The molecule has 0 radical (unpaired) electrons. The predicted octanol–water partition coefficient (Wildman–Crippen LogP) is 9.41. The monoisotopic (exact) mass is 770 g/mol. The molecule has 2 heterocycles. The minimum atomic E-state index is -0.202. The fourth-order valence-electron chi connectivity index (χ4n) is 6.94. The average molecular weight is 773 g/mol. The molecule has 3 aliphatic rings. The quantitative estimate of drug-likeness (QED) is 0.0784. The van der Waals surface area contributed by atoms with Crippen LogP contribution in [-0.4, -0.2) is 35.8 Å². The third-order valence-corrected chi connectivity index (χ3v) is 9.80. The summed E-state index contributed by atoms with van der Waals surface area (Å²) in [6, 6.07) is 17.0. The molecule has 0 atom stereocenters. The zero-order valence-electron chi connectivity index (χ0n) is 27.9. The van der Waals surface area contributed by atoms with Crippen molar-refractivity contribution in [1.82, 2.24) is 10.6 Å². The van der Waals surface area contributed by atoms with E-state index >= 15 is 0 Å². The molecule has 2 aromatic carbocycles. The van der Waals surface area contributed by atoms with Crippen molar-refractivity contribution in [1.29, 1.82) is 0 Å². The van der Waals surface area contributed by atoms with E-state index in [2.05, 4.69) is 163 Å². The Bertz CT molecular complexity index is 1840. The van der Waals surface area contributed by atoms with Crippen molar-refractivity contribution < 1.29 is 9.37 Å². The Morgan fingerprint density at radius 2 is 1.75 bits per heavy atom. The standard InChI is InChI=1S/C38H41Br2N7O/c1-37(2)29-12-5-7-14-31(29)46(24-20-39)33(37)18-16-27-10-9-11-28(36(27)43-26-35(48)42-22-23-44-45-41)17-19-34-38(3,4)30-13-6-8-15-32(30)47(34)25-21-40/h5-8,12-21,24-25H,9-11,22-23,26H2,1-4H3,(H,42,48)/p+1/b24-20+,25-21+,27-16+,33-18+. The summed E-state index contributed by atoms with van der Waals surface area (Å²) in [5.74, 6) is -0.154. The van der Waals surface area contributed by atoms with Crippen molar-refractivity contribution in [2.45, 2.75) is 57.8 Å². The number of halogens is 2. The van der Waals surface area contributed by atoms with Gasteiger partial charge in [-0.25, -0.2) is 0 Å². The second-order valence-corrected chi connectivity index (χ2v) is 14.0. The summed E-state index contributed by atoms with van der Waals surface area (Å²) in [7, 11) is 0. The molecule has 48 heavy (non-hydrogen) atoms. The number of nitrogens with one attached hydrogen (secondary N) is 2. The smallest absolute Gasteiger partial charge is 0.239 e. The molecule has 2 N–H and O–H groups in total. The molecule has 0 bridgehead atoms. The lowest BCUT2D eigenvalue weighted by atomic mass is 9.81. The van der Waals surface area contributed by atoms with Gasteiger partial charge in [-0.2, -0.15) is 4.58 Å². The van der Waals surface area contributed by atoms with Crippen LogP contribution in [0, 0.1) is 0 Å². The first kappa shape index (κ1) is 35.2. The van der Waals surface area contributed by atoms with E-state index in [1.807, 2.05) is 22.4 Å². The molecule has 0 spiro atoms. The number of carbonyl (C=O) groups excluding carboxylic acids is 1. The number of hydrogen-bond donors (Lipinski definition) is 2. The second kappa shape index (κ2) is 15.4. The van der Waals surface area contributed by atoms with Gasteiger partial charge in [0.1, 0.15) is 0 Å². The van der Waals surface area contributed by atoms with Crippen LogP contribution in [0.2, 0.25) is 0 Å². The van der Waals surface area contributed by atoms with Gasteiger partial charge in [0, 0.05) is 69.4 Å². The van der Waals surface area contributed by atoms with Gasteiger partial charge >= 0.3 is 0 Å². The fraction of sp³-hybridized carbons (Fsp3) is 0.316. The highest BCUT2D eigenvalue weighted by Gasteiger charge is 2.43. The lowest BCUT2D eigenvalue weighted by Gasteiger charge is -2.26. The number of amides is 1. The molecule has 248 valence electrons. The van der Waals surface area contributed by atoms with Crippen LogP contribution in [0.15, 0.2) is 123 Å². The van der Waals surface area contributed by atoms with Crippen molar-refractivity contribution in [2.75, 3.05) is 24.5 Å². The zero-order valence-corrected chi connectivity index (χ0v) is 31.1. The van der Waals surface area contributed by atoms with E-state index in [0.29, 0.717) is 6.54 Å². The normalized spacial score (nSPS) is 19.9. The highest BCUT2D eigenvalue weighted by atomic mass is 79.9. The summed E-state index contributed by atoms with van der Waals surface area (Å²) in [4.78, 5) is 21.6. The number of allylic oxidation sites excluding steroid dienone is 7. The molecule has 1 amide bonds. The number of anilines is 1.